The first-order valence-electron chi connectivity index (χ1n) is 9.06. The third kappa shape index (κ3) is 1.81. The number of nitrogens with zero attached hydrogens (tertiary/aromatic N) is 1. The maximum Gasteiger partial charge on any atom is 0.0632 e. The molecule has 24 heavy (non-hydrogen) atoms. The fraction of sp³-hybridized carbons (Fsp3) is 0.571. The molecule has 4 rings (SSSR count). The standard InChI is InChI=1S/C21H27ClN2/c1-6-21(4)16(22)10-14-18(19(21)23-5)12-11-24-15-9-7-8-13(17(12)15)20(14,2)3/h7-9,11,14,16,18-19,24H,5-6,10H2,1-4H3/t14-,16+,18-,19+,21+/m0/s1. The van der Waals surface area contributed by atoms with Gasteiger partial charge in [-0.2, -0.15) is 0 Å². The van der Waals surface area contributed by atoms with E-state index in [1.165, 1.54) is 22.0 Å². The number of aliphatic imine (C=N–C) groups is 1. The van der Waals surface area contributed by atoms with Crippen molar-refractivity contribution in [2.45, 2.75) is 63.3 Å². The molecule has 3 heteroatoms. The van der Waals surface area contributed by atoms with Gasteiger partial charge in [0.2, 0.25) is 0 Å². The van der Waals surface area contributed by atoms with Gasteiger partial charge in [0.1, 0.15) is 0 Å². The summed E-state index contributed by atoms with van der Waals surface area (Å²) in [5.74, 6) is 0.880. The molecule has 1 aromatic carbocycles. The number of rotatable bonds is 2. The van der Waals surface area contributed by atoms with Crippen LogP contribution in [0.2, 0.25) is 0 Å². The highest BCUT2D eigenvalue weighted by Gasteiger charge is 2.57. The molecule has 1 fully saturated rings. The third-order valence-corrected chi connectivity index (χ3v) is 7.98. The van der Waals surface area contributed by atoms with Crippen molar-refractivity contribution in [3.05, 3.63) is 35.5 Å². The van der Waals surface area contributed by atoms with E-state index in [0.717, 1.165) is 12.8 Å². The average Bonchev–Trinajstić information content (AvgIpc) is 2.99. The molecule has 128 valence electrons. The minimum absolute atomic E-state index is 0.00354. The van der Waals surface area contributed by atoms with Gasteiger partial charge >= 0.3 is 0 Å². The first kappa shape index (κ1) is 16.2. The Labute approximate surface area is 149 Å². The van der Waals surface area contributed by atoms with Gasteiger partial charge in [-0.15, -0.1) is 11.6 Å². The zero-order chi connectivity index (χ0) is 17.3. The smallest absolute Gasteiger partial charge is 0.0632 e. The first-order valence-corrected chi connectivity index (χ1v) is 9.50. The molecule has 0 radical (unpaired) electrons. The quantitative estimate of drug-likeness (QED) is 0.539. The van der Waals surface area contributed by atoms with Crippen LogP contribution in [0.4, 0.5) is 0 Å². The lowest BCUT2D eigenvalue weighted by Gasteiger charge is -2.56. The number of alkyl halides is 1. The van der Waals surface area contributed by atoms with Crippen LogP contribution in [0.1, 0.15) is 57.6 Å². The molecule has 1 N–H and O–H groups in total. The summed E-state index contributed by atoms with van der Waals surface area (Å²) in [6, 6.07) is 6.81. The van der Waals surface area contributed by atoms with Crippen LogP contribution in [-0.4, -0.2) is 23.1 Å². The van der Waals surface area contributed by atoms with Crippen molar-refractivity contribution in [1.29, 1.82) is 0 Å². The Balaban J connectivity index is 2.01. The molecular formula is C21H27ClN2. The largest absolute Gasteiger partial charge is 0.361 e. The Hall–Kier alpha value is -1.28. The van der Waals surface area contributed by atoms with Crippen LogP contribution in [-0.2, 0) is 5.41 Å². The van der Waals surface area contributed by atoms with Gasteiger partial charge in [0.05, 0.1) is 6.04 Å². The minimum Gasteiger partial charge on any atom is -0.361 e. The molecule has 1 aromatic heterocycles. The van der Waals surface area contributed by atoms with Gasteiger partial charge in [-0.3, -0.25) is 4.99 Å². The summed E-state index contributed by atoms with van der Waals surface area (Å²) in [5, 5.41) is 1.54. The predicted molar refractivity (Wildman–Crippen MR) is 104 cm³/mol. The Morgan fingerprint density at radius 2 is 2.08 bits per heavy atom. The number of aromatic amines is 1. The molecular weight excluding hydrogens is 316 g/mol. The molecule has 2 aliphatic rings. The molecule has 5 atom stereocenters. The van der Waals surface area contributed by atoms with E-state index in [9.17, 15) is 0 Å². The third-order valence-electron chi connectivity index (χ3n) is 7.30. The molecule has 0 bridgehead atoms. The molecule has 2 aliphatic carbocycles. The monoisotopic (exact) mass is 342 g/mol. The van der Waals surface area contributed by atoms with E-state index in [4.69, 9.17) is 11.6 Å². The number of H-pyrrole nitrogens is 1. The fourth-order valence-corrected chi connectivity index (χ4v) is 6.02. The van der Waals surface area contributed by atoms with E-state index in [1.807, 2.05) is 0 Å². The highest BCUT2D eigenvalue weighted by atomic mass is 35.5. The summed E-state index contributed by atoms with van der Waals surface area (Å²) in [6.45, 7) is 13.3. The van der Waals surface area contributed by atoms with Crippen molar-refractivity contribution in [3.8, 4) is 0 Å². The lowest BCUT2D eigenvalue weighted by Crippen LogP contribution is -2.54. The van der Waals surface area contributed by atoms with Crippen molar-refractivity contribution < 1.29 is 0 Å². The zero-order valence-electron chi connectivity index (χ0n) is 15.1. The molecule has 0 amide bonds. The maximum atomic E-state index is 6.95. The second-order valence-electron chi connectivity index (χ2n) is 8.52. The summed E-state index contributed by atoms with van der Waals surface area (Å²) in [6.07, 6.45) is 4.28. The molecule has 0 spiro atoms. The molecule has 1 saturated carbocycles. The van der Waals surface area contributed by atoms with E-state index in [-0.39, 0.29) is 22.2 Å². The SMILES string of the molecule is C=N[C@@H]1[C@H]2c3c[nH]c4cccc(c34)C(C)(C)[C@H]2C[C@@H](Cl)[C@@]1(C)CC. The lowest BCUT2D eigenvalue weighted by molar-refractivity contribution is 0.0745. The molecule has 0 unspecified atom stereocenters. The molecule has 0 aliphatic heterocycles. The number of hydrogen-bond donors (Lipinski definition) is 1. The van der Waals surface area contributed by atoms with Gasteiger partial charge in [0.15, 0.2) is 0 Å². The summed E-state index contributed by atoms with van der Waals surface area (Å²) in [7, 11) is 0. The van der Waals surface area contributed by atoms with Crippen molar-refractivity contribution >= 4 is 29.2 Å². The van der Waals surface area contributed by atoms with Crippen LogP contribution >= 0.6 is 11.6 Å². The molecule has 1 heterocycles. The second kappa shape index (κ2) is 5.11. The number of halogens is 1. The molecule has 2 nitrogen and oxygen atoms in total. The van der Waals surface area contributed by atoms with Crippen LogP contribution in [0.25, 0.3) is 10.9 Å². The van der Waals surface area contributed by atoms with Gasteiger partial charge in [-0.05, 0) is 48.1 Å². The van der Waals surface area contributed by atoms with Crippen molar-refractivity contribution in [1.82, 2.24) is 4.98 Å². The van der Waals surface area contributed by atoms with Crippen LogP contribution in [0.15, 0.2) is 29.4 Å². The highest BCUT2D eigenvalue weighted by molar-refractivity contribution is 6.21. The van der Waals surface area contributed by atoms with Crippen LogP contribution in [0.5, 0.6) is 0 Å². The number of aromatic nitrogens is 1. The number of fused-ring (bicyclic) bond motifs is 2. The molecule has 2 aromatic rings. The van der Waals surface area contributed by atoms with E-state index in [0.29, 0.717) is 11.8 Å². The van der Waals surface area contributed by atoms with Crippen molar-refractivity contribution in [2.75, 3.05) is 0 Å². The van der Waals surface area contributed by atoms with E-state index in [2.05, 4.69) is 68.8 Å². The Kier molecular flexibility index (Phi) is 3.45. The van der Waals surface area contributed by atoms with Crippen molar-refractivity contribution in [3.63, 3.8) is 0 Å². The van der Waals surface area contributed by atoms with Gasteiger partial charge in [0, 0.05) is 33.8 Å². The first-order chi connectivity index (χ1) is 11.4. The average molecular weight is 343 g/mol. The van der Waals surface area contributed by atoms with Crippen LogP contribution in [0, 0.1) is 11.3 Å². The van der Waals surface area contributed by atoms with Gasteiger partial charge in [0.25, 0.3) is 0 Å². The van der Waals surface area contributed by atoms with Gasteiger partial charge in [-0.1, -0.05) is 39.8 Å². The summed E-state index contributed by atoms with van der Waals surface area (Å²) < 4.78 is 0. The highest BCUT2D eigenvalue weighted by Crippen LogP contribution is 2.61. The topological polar surface area (TPSA) is 28.1 Å². The molecule has 0 saturated heterocycles. The van der Waals surface area contributed by atoms with Gasteiger partial charge in [-0.25, -0.2) is 0 Å². The Morgan fingerprint density at radius 1 is 1.33 bits per heavy atom. The Bertz CT molecular complexity index is 805. The zero-order valence-corrected chi connectivity index (χ0v) is 15.8. The van der Waals surface area contributed by atoms with Crippen LogP contribution in [0.3, 0.4) is 0 Å². The maximum absolute atomic E-state index is 6.95. The summed E-state index contributed by atoms with van der Waals surface area (Å²) in [5.41, 5.74) is 4.19. The number of nitrogens with one attached hydrogen (secondary N) is 1. The van der Waals surface area contributed by atoms with E-state index < -0.39 is 0 Å². The number of benzene rings is 1. The summed E-state index contributed by atoms with van der Waals surface area (Å²) in [4.78, 5) is 8.16. The lowest BCUT2D eigenvalue weighted by atomic mass is 9.50. The number of hydrogen-bond acceptors (Lipinski definition) is 1. The van der Waals surface area contributed by atoms with Gasteiger partial charge < -0.3 is 4.98 Å². The summed E-state index contributed by atoms with van der Waals surface area (Å²) >= 11 is 6.95. The predicted octanol–water partition coefficient (Wildman–Crippen LogP) is 5.66. The fourth-order valence-electron chi connectivity index (χ4n) is 5.55. The van der Waals surface area contributed by atoms with Crippen molar-refractivity contribution in [2.24, 2.45) is 16.3 Å². The minimum atomic E-state index is -0.00354. The van der Waals surface area contributed by atoms with E-state index >= 15 is 0 Å². The van der Waals surface area contributed by atoms with Crippen LogP contribution < -0.4 is 0 Å². The normalized spacial score (nSPS) is 37.2. The van der Waals surface area contributed by atoms with E-state index in [1.54, 1.807) is 0 Å². The second-order valence-corrected chi connectivity index (χ2v) is 9.04. The Morgan fingerprint density at radius 3 is 2.75 bits per heavy atom.